The molecule has 0 aromatic heterocycles. The minimum absolute atomic E-state index is 0.0777. The molecule has 0 bridgehead atoms. The smallest absolute Gasteiger partial charge is 0.225 e. The van der Waals surface area contributed by atoms with Gasteiger partial charge in [0.2, 0.25) is 5.91 Å². The second-order valence-electron chi connectivity index (χ2n) is 7.36. The lowest BCUT2D eigenvalue weighted by Crippen LogP contribution is -2.41. The fourth-order valence-corrected chi connectivity index (χ4v) is 3.47. The topological polar surface area (TPSA) is 74.8 Å². The zero-order valence-electron chi connectivity index (χ0n) is 15.8. The van der Waals surface area contributed by atoms with Crippen LogP contribution in [-0.2, 0) is 9.53 Å². The molecule has 1 aliphatic carbocycles. The molecule has 0 saturated heterocycles. The van der Waals surface area contributed by atoms with E-state index in [4.69, 9.17) is 9.73 Å². The van der Waals surface area contributed by atoms with Gasteiger partial charge in [0, 0.05) is 51.4 Å². The Hall–Kier alpha value is -2.08. The summed E-state index contributed by atoms with van der Waals surface area (Å²) in [6, 6.07) is 8.03. The summed E-state index contributed by atoms with van der Waals surface area (Å²) in [5, 5.41) is 9.71. The van der Waals surface area contributed by atoms with Crippen LogP contribution in [0, 0.1) is 5.41 Å². The molecule has 3 rings (SSSR count). The Morgan fingerprint density at radius 2 is 2.15 bits per heavy atom. The minimum atomic E-state index is 0.0777. The Morgan fingerprint density at radius 3 is 2.88 bits per heavy atom. The van der Waals surface area contributed by atoms with Crippen LogP contribution in [0.1, 0.15) is 44.1 Å². The van der Waals surface area contributed by atoms with E-state index in [2.05, 4.69) is 28.9 Å². The number of guanidine groups is 1. The van der Waals surface area contributed by atoms with Crippen LogP contribution in [0.5, 0.6) is 0 Å². The van der Waals surface area contributed by atoms with Gasteiger partial charge in [0.05, 0.1) is 0 Å². The van der Waals surface area contributed by atoms with Gasteiger partial charge in [-0.2, -0.15) is 0 Å². The van der Waals surface area contributed by atoms with E-state index in [1.54, 1.807) is 7.11 Å². The molecule has 1 atom stereocenters. The number of carbonyl (C=O) groups excluding carboxylic acids is 1. The van der Waals surface area contributed by atoms with E-state index in [0.717, 1.165) is 37.8 Å². The first-order valence-electron chi connectivity index (χ1n) is 9.56. The molecule has 1 aliphatic heterocycles. The molecule has 3 N–H and O–H groups in total. The van der Waals surface area contributed by atoms with Crippen molar-refractivity contribution < 1.29 is 9.53 Å². The van der Waals surface area contributed by atoms with Gasteiger partial charge in [-0.15, -0.1) is 0 Å². The van der Waals surface area contributed by atoms with E-state index in [1.165, 1.54) is 18.4 Å². The standard InChI is InChI=1S/C20H30N4O2/c1-3-21-19(23-14-20(8-9-20)10-11-26-2)22-13-15-12-18(25)24-17-7-5-4-6-16(15)17/h4-7,15H,3,8-14H2,1-2H3,(H,24,25)(H2,21,22,23). The first-order valence-corrected chi connectivity index (χ1v) is 9.56. The van der Waals surface area contributed by atoms with Crippen LogP contribution in [-0.4, -0.2) is 45.2 Å². The highest BCUT2D eigenvalue weighted by Gasteiger charge is 2.41. The summed E-state index contributed by atoms with van der Waals surface area (Å²) in [6.45, 7) is 5.21. The van der Waals surface area contributed by atoms with Gasteiger partial charge in [-0.1, -0.05) is 18.2 Å². The minimum Gasteiger partial charge on any atom is -0.385 e. The molecular formula is C20H30N4O2. The molecule has 1 aromatic rings. The lowest BCUT2D eigenvalue weighted by molar-refractivity contribution is -0.116. The van der Waals surface area contributed by atoms with Crippen molar-refractivity contribution in [3.63, 3.8) is 0 Å². The summed E-state index contributed by atoms with van der Waals surface area (Å²) < 4.78 is 5.22. The molecule has 6 nitrogen and oxygen atoms in total. The number of rotatable bonds is 8. The van der Waals surface area contributed by atoms with Gasteiger partial charge in [0.25, 0.3) is 0 Å². The number of fused-ring (bicyclic) bond motifs is 1. The van der Waals surface area contributed by atoms with Crippen molar-refractivity contribution in [2.45, 2.75) is 38.5 Å². The fourth-order valence-electron chi connectivity index (χ4n) is 3.47. The van der Waals surface area contributed by atoms with Crippen molar-refractivity contribution in [3.8, 4) is 0 Å². The van der Waals surface area contributed by atoms with Crippen LogP contribution in [0.25, 0.3) is 0 Å². The summed E-state index contributed by atoms with van der Waals surface area (Å²) in [7, 11) is 1.75. The van der Waals surface area contributed by atoms with E-state index in [0.29, 0.717) is 18.4 Å². The van der Waals surface area contributed by atoms with Crippen LogP contribution >= 0.6 is 0 Å². The number of carbonyl (C=O) groups is 1. The Bertz CT molecular complexity index is 655. The predicted octanol–water partition coefficient (Wildman–Crippen LogP) is 2.48. The van der Waals surface area contributed by atoms with Crippen molar-refractivity contribution in [1.29, 1.82) is 0 Å². The largest absolute Gasteiger partial charge is 0.385 e. The SMILES string of the molecule is CCNC(=NCC1(CCOC)CC1)NCC1CC(=O)Nc2ccccc21. The number of benzene rings is 1. The maximum absolute atomic E-state index is 12.0. The van der Waals surface area contributed by atoms with Gasteiger partial charge in [-0.25, -0.2) is 0 Å². The number of anilines is 1. The second kappa shape index (κ2) is 8.54. The summed E-state index contributed by atoms with van der Waals surface area (Å²) in [6.07, 6.45) is 4.04. The summed E-state index contributed by atoms with van der Waals surface area (Å²) in [5.41, 5.74) is 2.44. The number of nitrogens with one attached hydrogen (secondary N) is 3. The normalized spacial score (nSPS) is 20.9. The third-order valence-corrected chi connectivity index (χ3v) is 5.33. The molecule has 0 radical (unpaired) electrons. The maximum atomic E-state index is 12.0. The number of aliphatic imine (C=N–C) groups is 1. The van der Waals surface area contributed by atoms with Crippen molar-refractivity contribution >= 4 is 17.6 Å². The number of hydrogen-bond donors (Lipinski definition) is 3. The second-order valence-corrected chi connectivity index (χ2v) is 7.36. The molecule has 6 heteroatoms. The Labute approximate surface area is 155 Å². The van der Waals surface area contributed by atoms with E-state index in [9.17, 15) is 4.79 Å². The predicted molar refractivity (Wildman–Crippen MR) is 105 cm³/mol. The van der Waals surface area contributed by atoms with Gasteiger partial charge in [-0.3, -0.25) is 9.79 Å². The number of hydrogen-bond acceptors (Lipinski definition) is 3. The average Bonchev–Trinajstić information content (AvgIpc) is 3.42. The summed E-state index contributed by atoms with van der Waals surface area (Å²) in [4.78, 5) is 16.8. The monoisotopic (exact) mass is 358 g/mol. The summed E-state index contributed by atoms with van der Waals surface area (Å²) in [5.74, 6) is 1.07. The quantitative estimate of drug-likeness (QED) is 0.493. The van der Waals surface area contributed by atoms with Crippen molar-refractivity contribution in [3.05, 3.63) is 29.8 Å². The van der Waals surface area contributed by atoms with Crippen molar-refractivity contribution in [2.75, 3.05) is 38.7 Å². The van der Waals surface area contributed by atoms with E-state index < -0.39 is 0 Å². The summed E-state index contributed by atoms with van der Waals surface area (Å²) >= 11 is 0. The molecule has 1 saturated carbocycles. The van der Waals surface area contributed by atoms with Crippen LogP contribution in [0.15, 0.2) is 29.3 Å². The molecule has 0 spiro atoms. The van der Waals surface area contributed by atoms with Gasteiger partial charge >= 0.3 is 0 Å². The average molecular weight is 358 g/mol. The molecule has 142 valence electrons. The molecule has 1 fully saturated rings. The van der Waals surface area contributed by atoms with Crippen LogP contribution in [0.3, 0.4) is 0 Å². The number of para-hydroxylation sites is 1. The molecule has 1 aromatic carbocycles. The van der Waals surface area contributed by atoms with Crippen LogP contribution in [0.4, 0.5) is 5.69 Å². The van der Waals surface area contributed by atoms with Gasteiger partial charge in [0.15, 0.2) is 5.96 Å². The maximum Gasteiger partial charge on any atom is 0.225 e. The van der Waals surface area contributed by atoms with Crippen molar-refractivity contribution in [1.82, 2.24) is 10.6 Å². The number of ether oxygens (including phenoxy) is 1. The van der Waals surface area contributed by atoms with Crippen LogP contribution < -0.4 is 16.0 Å². The Kier molecular flexibility index (Phi) is 6.14. The van der Waals surface area contributed by atoms with Gasteiger partial charge in [0.1, 0.15) is 0 Å². The molecule has 26 heavy (non-hydrogen) atoms. The van der Waals surface area contributed by atoms with Gasteiger partial charge < -0.3 is 20.7 Å². The Morgan fingerprint density at radius 1 is 1.35 bits per heavy atom. The highest BCUT2D eigenvalue weighted by molar-refractivity contribution is 5.94. The fraction of sp³-hybridized carbons (Fsp3) is 0.600. The molecule has 2 aliphatic rings. The Balaban J connectivity index is 1.60. The number of amides is 1. The first-order chi connectivity index (χ1) is 12.7. The lowest BCUT2D eigenvalue weighted by Gasteiger charge is -2.26. The van der Waals surface area contributed by atoms with E-state index >= 15 is 0 Å². The van der Waals surface area contributed by atoms with Crippen molar-refractivity contribution in [2.24, 2.45) is 10.4 Å². The third-order valence-electron chi connectivity index (χ3n) is 5.33. The van der Waals surface area contributed by atoms with Gasteiger partial charge in [-0.05, 0) is 43.2 Å². The number of methoxy groups -OCH3 is 1. The zero-order chi connectivity index (χ0) is 18.4. The molecular weight excluding hydrogens is 328 g/mol. The van der Waals surface area contributed by atoms with E-state index in [-0.39, 0.29) is 11.8 Å². The first kappa shape index (κ1) is 18.7. The lowest BCUT2D eigenvalue weighted by atomic mass is 9.90. The molecule has 1 heterocycles. The highest BCUT2D eigenvalue weighted by atomic mass is 16.5. The molecule has 1 amide bonds. The third kappa shape index (κ3) is 4.75. The van der Waals surface area contributed by atoms with E-state index in [1.807, 2.05) is 18.2 Å². The highest BCUT2D eigenvalue weighted by Crippen LogP contribution is 2.48. The zero-order valence-corrected chi connectivity index (χ0v) is 15.8. The molecule has 1 unspecified atom stereocenters. The number of nitrogens with zero attached hydrogens (tertiary/aromatic N) is 1. The van der Waals surface area contributed by atoms with Crippen LogP contribution in [0.2, 0.25) is 0 Å².